The summed E-state index contributed by atoms with van der Waals surface area (Å²) in [6.45, 7) is 3.63. The lowest BCUT2D eigenvalue weighted by molar-refractivity contribution is -0.303. The first kappa shape index (κ1) is 64.2. The number of aliphatic hydroxyl groups excluding tert-OH is 6. The number of nitrogens with one attached hydrogen (secondary N) is 1. The molecule has 1 rings (SSSR count). The smallest absolute Gasteiger partial charge is 0.220 e. The highest BCUT2D eigenvalue weighted by molar-refractivity contribution is 5.76. The minimum absolute atomic E-state index is 0.251. The predicted molar refractivity (Wildman–Crippen MR) is 278 cm³/mol. The standard InChI is InChI=1S/C57H113NO9/c1-3-5-7-9-11-13-15-16-17-18-19-20-21-22-23-24-25-26-27-28-29-30-31-32-33-34-36-38-40-42-44-46-52(61)58-49(48-66-57-56(65)55(64)54(63)51(47-59)67-57)53(62)50(60)45-43-41-39-37-35-14-12-10-8-6-4-2/h49-51,53-57,59-60,62-65H,3-48H2,1-2H3,(H,58,61)/t49-,50+,51+,53-,54-,55?,56?,57+/m0/s1. The van der Waals surface area contributed by atoms with Gasteiger partial charge in [-0.25, -0.2) is 0 Å². The Balaban J connectivity index is 2.12. The normalized spacial score (nSPS) is 20.0. The van der Waals surface area contributed by atoms with Gasteiger partial charge in [0.15, 0.2) is 6.29 Å². The van der Waals surface area contributed by atoms with E-state index in [1.165, 1.54) is 225 Å². The molecule has 1 fully saturated rings. The number of unbranched alkanes of at least 4 members (excludes halogenated alkanes) is 40. The summed E-state index contributed by atoms with van der Waals surface area (Å²) in [5.74, 6) is -0.251. The largest absolute Gasteiger partial charge is 0.394 e. The van der Waals surface area contributed by atoms with Gasteiger partial charge in [0.05, 0.1) is 25.4 Å². The molecule has 0 aromatic heterocycles. The molecule has 67 heavy (non-hydrogen) atoms. The monoisotopic (exact) mass is 956 g/mol. The van der Waals surface area contributed by atoms with E-state index in [1.54, 1.807) is 0 Å². The van der Waals surface area contributed by atoms with Crippen LogP contribution in [0.3, 0.4) is 0 Å². The van der Waals surface area contributed by atoms with Gasteiger partial charge in [-0.05, 0) is 12.8 Å². The zero-order chi connectivity index (χ0) is 48.8. The van der Waals surface area contributed by atoms with Gasteiger partial charge >= 0.3 is 0 Å². The summed E-state index contributed by atoms with van der Waals surface area (Å²) in [5, 5.41) is 65.4. The molecule has 10 nitrogen and oxygen atoms in total. The Hall–Kier alpha value is -0.850. The molecule has 1 heterocycles. The molecule has 0 radical (unpaired) electrons. The van der Waals surface area contributed by atoms with E-state index in [9.17, 15) is 35.4 Å². The minimum atomic E-state index is -1.60. The molecule has 1 aliphatic rings. The maximum atomic E-state index is 13.1. The molecule has 1 saturated heterocycles. The van der Waals surface area contributed by atoms with Gasteiger partial charge in [-0.2, -0.15) is 0 Å². The van der Waals surface area contributed by atoms with Crippen molar-refractivity contribution >= 4 is 5.91 Å². The Bertz CT molecular complexity index is 1040. The summed E-state index contributed by atoms with van der Waals surface area (Å²) in [4.78, 5) is 13.1. The van der Waals surface area contributed by atoms with Crippen LogP contribution in [0.4, 0.5) is 0 Å². The van der Waals surface area contributed by atoms with Gasteiger partial charge in [-0.3, -0.25) is 4.79 Å². The predicted octanol–water partition coefficient (Wildman–Crippen LogP) is 13.2. The topological polar surface area (TPSA) is 169 Å². The summed E-state index contributed by atoms with van der Waals surface area (Å²) in [7, 11) is 0. The fraction of sp³-hybridized carbons (Fsp3) is 0.982. The molecule has 7 N–H and O–H groups in total. The summed E-state index contributed by atoms with van der Waals surface area (Å²) in [6, 6.07) is -0.985. The van der Waals surface area contributed by atoms with Crippen molar-refractivity contribution in [2.75, 3.05) is 13.2 Å². The first-order valence-corrected chi connectivity index (χ1v) is 29.3. The third-order valence-corrected chi connectivity index (χ3v) is 14.6. The zero-order valence-corrected chi connectivity index (χ0v) is 44.1. The Morgan fingerprint density at radius 3 is 1.10 bits per heavy atom. The highest BCUT2D eigenvalue weighted by atomic mass is 16.7. The second-order valence-electron chi connectivity index (χ2n) is 20.9. The van der Waals surface area contributed by atoms with Gasteiger partial charge in [0.25, 0.3) is 0 Å². The van der Waals surface area contributed by atoms with Crippen molar-refractivity contribution in [3.05, 3.63) is 0 Å². The van der Waals surface area contributed by atoms with Crippen LogP contribution < -0.4 is 5.32 Å². The molecule has 0 spiro atoms. The number of ether oxygens (including phenoxy) is 2. The highest BCUT2D eigenvalue weighted by Crippen LogP contribution is 2.24. The molecule has 0 saturated carbocycles. The van der Waals surface area contributed by atoms with Crippen molar-refractivity contribution in [2.24, 2.45) is 0 Å². The quantitative estimate of drug-likeness (QED) is 0.0293. The molecule has 1 aliphatic heterocycles. The second kappa shape index (κ2) is 47.5. The van der Waals surface area contributed by atoms with Crippen LogP contribution in [0.2, 0.25) is 0 Å². The van der Waals surface area contributed by atoms with Gasteiger partial charge in [0.1, 0.15) is 30.5 Å². The van der Waals surface area contributed by atoms with E-state index in [4.69, 9.17) is 9.47 Å². The molecule has 0 bridgehead atoms. The first-order valence-electron chi connectivity index (χ1n) is 29.3. The van der Waals surface area contributed by atoms with Crippen molar-refractivity contribution in [1.29, 1.82) is 0 Å². The molecule has 10 heteroatoms. The van der Waals surface area contributed by atoms with Crippen molar-refractivity contribution < 1.29 is 44.9 Å². The highest BCUT2D eigenvalue weighted by Gasteiger charge is 2.44. The van der Waals surface area contributed by atoms with Crippen LogP contribution in [0.5, 0.6) is 0 Å². The fourth-order valence-corrected chi connectivity index (χ4v) is 9.85. The fourth-order valence-electron chi connectivity index (χ4n) is 9.85. The van der Waals surface area contributed by atoms with Crippen LogP contribution in [0, 0.1) is 0 Å². The van der Waals surface area contributed by atoms with E-state index in [1.807, 2.05) is 0 Å². The van der Waals surface area contributed by atoms with Crippen LogP contribution in [0.15, 0.2) is 0 Å². The summed E-state index contributed by atoms with van der Waals surface area (Å²) in [6.07, 6.45) is 45.8. The van der Waals surface area contributed by atoms with E-state index in [-0.39, 0.29) is 18.9 Å². The Labute approximate surface area is 413 Å². The third-order valence-electron chi connectivity index (χ3n) is 14.6. The zero-order valence-electron chi connectivity index (χ0n) is 44.1. The molecule has 8 atom stereocenters. The molecule has 0 aromatic rings. The average Bonchev–Trinajstić information content (AvgIpc) is 3.33. The third kappa shape index (κ3) is 36.7. The summed E-state index contributed by atoms with van der Waals surface area (Å²) in [5.41, 5.74) is 0. The van der Waals surface area contributed by atoms with Gasteiger partial charge in [0.2, 0.25) is 5.91 Å². The average molecular weight is 957 g/mol. The maximum Gasteiger partial charge on any atom is 0.220 e. The lowest BCUT2D eigenvalue weighted by Crippen LogP contribution is -2.60. The number of rotatable bonds is 51. The molecule has 2 unspecified atom stereocenters. The number of amides is 1. The Kier molecular flexibility index (Phi) is 45.5. The van der Waals surface area contributed by atoms with Crippen molar-refractivity contribution in [3.63, 3.8) is 0 Å². The number of carbonyl (C=O) groups is 1. The lowest BCUT2D eigenvalue weighted by atomic mass is 9.98. The molecule has 0 aliphatic carbocycles. The number of hydrogen-bond acceptors (Lipinski definition) is 9. The van der Waals surface area contributed by atoms with Crippen LogP contribution >= 0.6 is 0 Å². The van der Waals surface area contributed by atoms with E-state index < -0.39 is 55.6 Å². The first-order chi connectivity index (χ1) is 32.8. The van der Waals surface area contributed by atoms with Crippen LogP contribution in [-0.2, 0) is 14.3 Å². The SMILES string of the molecule is CCCCCCCCCCCCCCCCCCCCCCCCCCCCCCCCCC(=O)N[C@@H](CO[C@@H]1O[C@H](CO)[C@H](O)C(O)C1O)[C@H](O)[C@H](O)CCCCCCCCCCCCC. The maximum absolute atomic E-state index is 13.1. The van der Waals surface area contributed by atoms with Crippen molar-refractivity contribution in [1.82, 2.24) is 5.32 Å². The molecular formula is C57H113NO9. The molecule has 400 valence electrons. The minimum Gasteiger partial charge on any atom is -0.394 e. The molecule has 1 amide bonds. The van der Waals surface area contributed by atoms with E-state index in [2.05, 4.69) is 19.2 Å². The summed E-state index contributed by atoms with van der Waals surface area (Å²) < 4.78 is 11.2. The Morgan fingerprint density at radius 2 is 0.776 bits per heavy atom. The summed E-state index contributed by atoms with van der Waals surface area (Å²) >= 11 is 0. The number of aliphatic hydroxyl groups is 6. The van der Waals surface area contributed by atoms with Crippen molar-refractivity contribution in [3.8, 4) is 0 Å². The lowest BCUT2D eigenvalue weighted by Gasteiger charge is -2.40. The Morgan fingerprint density at radius 1 is 0.463 bits per heavy atom. The molecular weight excluding hydrogens is 843 g/mol. The van der Waals surface area contributed by atoms with Crippen LogP contribution in [0.25, 0.3) is 0 Å². The van der Waals surface area contributed by atoms with Crippen LogP contribution in [0.1, 0.15) is 296 Å². The number of carbonyl (C=O) groups excluding carboxylic acids is 1. The number of hydrogen-bond donors (Lipinski definition) is 7. The second-order valence-corrected chi connectivity index (χ2v) is 20.9. The van der Waals surface area contributed by atoms with Crippen LogP contribution in [-0.4, -0.2) is 98.7 Å². The van der Waals surface area contributed by atoms with Gasteiger partial charge < -0.3 is 45.4 Å². The van der Waals surface area contributed by atoms with E-state index in [0.29, 0.717) is 6.42 Å². The van der Waals surface area contributed by atoms with E-state index >= 15 is 0 Å². The van der Waals surface area contributed by atoms with Gasteiger partial charge in [-0.1, -0.05) is 277 Å². The molecule has 0 aromatic carbocycles. The van der Waals surface area contributed by atoms with Crippen molar-refractivity contribution in [2.45, 2.75) is 345 Å². The van der Waals surface area contributed by atoms with E-state index in [0.717, 1.165) is 44.9 Å². The van der Waals surface area contributed by atoms with Gasteiger partial charge in [-0.15, -0.1) is 0 Å². The van der Waals surface area contributed by atoms with Gasteiger partial charge in [0, 0.05) is 6.42 Å².